The summed E-state index contributed by atoms with van der Waals surface area (Å²) in [4.78, 5) is 12.4. The summed E-state index contributed by atoms with van der Waals surface area (Å²) in [5.41, 5.74) is 0. The number of fused-ring (bicyclic) bond motifs is 1. The van der Waals surface area contributed by atoms with Crippen molar-refractivity contribution in [2.75, 3.05) is 6.61 Å². The molecule has 1 atom stereocenters. The van der Waals surface area contributed by atoms with Crippen molar-refractivity contribution in [2.45, 2.75) is 6.04 Å². The van der Waals surface area contributed by atoms with E-state index in [1.807, 2.05) is 18.2 Å². The summed E-state index contributed by atoms with van der Waals surface area (Å²) in [5.74, 6) is 0. The summed E-state index contributed by atoms with van der Waals surface area (Å²) in [5, 5.41) is 0. The highest BCUT2D eigenvalue weighted by atomic mass is 16.6. The Labute approximate surface area is 58.6 Å². The van der Waals surface area contributed by atoms with Gasteiger partial charge in [-0.1, -0.05) is 12.2 Å². The van der Waals surface area contributed by atoms with Crippen LogP contribution in [-0.4, -0.2) is 23.6 Å². The lowest BCUT2D eigenvalue weighted by Gasteiger charge is -2.15. The molecule has 2 aliphatic rings. The number of carbonyl (C=O) groups excluding carboxylic acids is 1. The third kappa shape index (κ3) is 0.635. The number of nitrogens with zero attached hydrogens (tertiary/aromatic N) is 1. The molecular formula is C7H7NO2. The van der Waals surface area contributed by atoms with Crippen molar-refractivity contribution in [3.05, 3.63) is 24.4 Å². The minimum Gasteiger partial charge on any atom is -0.447 e. The molecule has 0 aliphatic carbocycles. The topological polar surface area (TPSA) is 29.5 Å². The SMILES string of the molecule is O=C1OCC2C=CC=CN12. The maximum absolute atomic E-state index is 10.8. The first-order valence-electron chi connectivity index (χ1n) is 3.18. The maximum Gasteiger partial charge on any atom is 0.414 e. The molecule has 0 bridgehead atoms. The molecule has 3 heteroatoms. The van der Waals surface area contributed by atoms with Crippen molar-refractivity contribution in [3.63, 3.8) is 0 Å². The predicted molar refractivity (Wildman–Crippen MR) is 35.3 cm³/mol. The Morgan fingerprint density at radius 3 is 3.30 bits per heavy atom. The molecule has 0 aromatic heterocycles. The van der Waals surface area contributed by atoms with Crippen molar-refractivity contribution in [1.29, 1.82) is 0 Å². The van der Waals surface area contributed by atoms with Crippen LogP contribution in [0.25, 0.3) is 0 Å². The normalized spacial score (nSPS) is 28.6. The molecule has 1 saturated heterocycles. The Bertz CT molecular complexity index is 220. The van der Waals surface area contributed by atoms with Gasteiger partial charge in [-0.25, -0.2) is 4.79 Å². The lowest BCUT2D eigenvalue weighted by atomic mass is 10.2. The number of amides is 1. The molecule has 1 amide bonds. The molecule has 0 spiro atoms. The van der Waals surface area contributed by atoms with Crippen LogP contribution in [0.4, 0.5) is 4.79 Å². The molecule has 2 rings (SSSR count). The van der Waals surface area contributed by atoms with Crippen molar-refractivity contribution in [1.82, 2.24) is 4.90 Å². The maximum atomic E-state index is 10.8. The summed E-state index contributed by atoms with van der Waals surface area (Å²) in [6.07, 6.45) is 7.18. The Kier molecular flexibility index (Phi) is 1.03. The fraction of sp³-hybridized carbons (Fsp3) is 0.286. The zero-order chi connectivity index (χ0) is 6.97. The summed E-state index contributed by atoms with van der Waals surface area (Å²) >= 11 is 0. The summed E-state index contributed by atoms with van der Waals surface area (Å²) in [6.45, 7) is 0.486. The van der Waals surface area contributed by atoms with E-state index in [0.29, 0.717) is 6.61 Å². The van der Waals surface area contributed by atoms with Crippen molar-refractivity contribution < 1.29 is 9.53 Å². The molecule has 52 valence electrons. The molecule has 0 aromatic carbocycles. The molecule has 0 N–H and O–H groups in total. The van der Waals surface area contributed by atoms with Gasteiger partial charge in [0.15, 0.2) is 0 Å². The van der Waals surface area contributed by atoms with Gasteiger partial charge < -0.3 is 4.74 Å². The van der Waals surface area contributed by atoms with E-state index in [0.717, 1.165) is 0 Å². The third-order valence-corrected chi connectivity index (χ3v) is 1.64. The Balaban J connectivity index is 2.27. The third-order valence-electron chi connectivity index (χ3n) is 1.64. The van der Waals surface area contributed by atoms with Crippen molar-refractivity contribution in [2.24, 2.45) is 0 Å². The van der Waals surface area contributed by atoms with E-state index in [1.165, 1.54) is 0 Å². The second-order valence-electron chi connectivity index (χ2n) is 2.28. The van der Waals surface area contributed by atoms with Crippen LogP contribution in [-0.2, 0) is 4.74 Å². The van der Waals surface area contributed by atoms with E-state index in [2.05, 4.69) is 0 Å². The Hall–Kier alpha value is -1.25. The van der Waals surface area contributed by atoms with Gasteiger partial charge in [-0.2, -0.15) is 0 Å². The van der Waals surface area contributed by atoms with Crippen LogP contribution >= 0.6 is 0 Å². The summed E-state index contributed by atoms with van der Waals surface area (Å²) < 4.78 is 4.78. The van der Waals surface area contributed by atoms with Crippen LogP contribution in [0.15, 0.2) is 24.4 Å². The fourth-order valence-electron chi connectivity index (χ4n) is 1.10. The molecule has 0 aromatic rings. The average Bonchev–Trinajstić information content (AvgIpc) is 2.34. The van der Waals surface area contributed by atoms with Crippen LogP contribution in [0.3, 0.4) is 0 Å². The molecule has 2 aliphatic heterocycles. The highest BCUT2D eigenvalue weighted by Gasteiger charge is 2.29. The van der Waals surface area contributed by atoms with E-state index in [9.17, 15) is 4.79 Å². The fourth-order valence-corrected chi connectivity index (χ4v) is 1.10. The summed E-state index contributed by atoms with van der Waals surface area (Å²) in [7, 11) is 0. The lowest BCUT2D eigenvalue weighted by Crippen LogP contribution is -2.27. The quantitative estimate of drug-likeness (QED) is 0.496. The largest absolute Gasteiger partial charge is 0.447 e. The number of cyclic esters (lactones) is 1. The number of ether oxygens (including phenoxy) is 1. The van der Waals surface area contributed by atoms with Crippen LogP contribution < -0.4 is 0 Å². The first-order valence-corrected chi connectivity index (χ1v) is 3.18. The van der Waals surface area contributed by atoms with E-state index < -0.39 is 0 Å². The minimum absolute atomic E-state index is 0.137. The molecule has 10 heavy (non-hydrogen) atoms. The number of hydrogen-bond acceptors (Lipinski definition) is 2. The monoisotopic (exact) mass is 137 g/mol. The predicted octanol–water partition coefficient (Wildman–Crippen LogP) is 0.891. The molecule has 0 saturated carbocycles. The van der Waals surface area contributed by atoms with E-state index in [1.54, 1.807) is 11.1 Å². The zero-order valence-electron chi connectivity index (χ0n) is 5.36. The smallest absolute Gasteiger partial charge is 0.414 e. The van der Waals surface area contributed by atoms with Gasteiger partial charge in [-0.05, 0) is 6.08 Å². The van der Waals surface area contributed by atoms with Gasteiger partial charge in [0.1, 0.15) is 6.61 Å². The average molecular weight is 137 g/mol. The minimum atomic E-state index is -0.245. The molecule has 0 radical (unpaired) electrons. The van der Waals surface area contributed by atoms with E-state index >= 15 is 0 Å². The Morgan fingerprint density at radius 1 is 1.60 bits per heavy atom. The van der Waals surface area contributed by atoms with Gasteiger partial charge >= 0.3 is 6.09 Å². The molecule has 1 fully saturated rings. The van der Waals surface area contributed by atoms with Gasteiger partial charge in [0.25, 0.3) is 0 Å². The van der Waals surface area contributed by atoms with Crippen molar-refractivity contribution in [3.8, 4) is 0 Å². The van der Waals surface area contributed by atoms with Gasteiger partial charge in [-0.15, -0.1) is 0 Å². The number of rotatable bonds is 0. The van der Waals surface area contributed by atoms with Crippen LogP contribution in [0.1, 0.15) is 0 Å². The first-order chi connectivity index (χ1) is 4.88. The highest BCUT2D eigenvalue weighted by Crippen LogP contribution is 2.16. The lowest BCUT2D eigenvalue weighted by molar-refractivity contribution is 0.166. The van der Waals surface area contributed by atoms with Gasteiger partial charge in [0.05, 0.1) is 6.04 Å². The number of carbonyl (C=O) groups is 1. The molecule has 3 nitrogen and oxygen atoms in total. The first kappa shape index (κ1) is 5.53. The number of allylic oxidation sites excluding steroid dienone is 2. The van der Waals surface area contributed by atoms with E-state index in [4.69, 9.17) is 4.74 Å². The van der Waals surface area contributed by atoms with Crippen molar-refractivity contribution >= 4 is 6.09 Å². The molecule has 1 unspecified atom stereocenters. The standard InChI is InChI=1S/C7H7NO2/c9-7-8-4-2-1-3-6(8)5-10-7/h1-4,6H,5H2. The molecule has 2 heterocycles. The second kappa shape index (κ2) is 1.87. The van der Waals surface area contributed by atoms with E-state index in [-0.39, 0.29) is 12.1 Å². The molecular weight excluding hydrogens is 130 g/mol. The Morgan fingerprint density at radius 2 is 2.50 bits per heavy atom. The highest BCUT2D eigenvalue weighted by molar-refractivity contribution is 5.72. The van der Waals surface area contributed by atoms with Crippen LogP contribution in [0, 0.1) is 0 Å². The van der Waals surface area contributed by atoms with Gasteiger partial charge in [0, 0.05) is 6.20 Å². The number of hydrogen-bond donors (Lipinski definition) is 0. The van der Waals surface area contributed by atoms with Gasteiger partial charge in [-0.3, -0.25) is 4.90 Å². The summed E-state index contributed by atoms with van der Waals surface area (Å²) in [6, 6.07) is 0.137. The van der Waals surface area contributed by atoms with Gasteiger partial charge in [0.2, 0.25) is 0 Å². The zero-order valence-corrected chi connectivity index (χ0v) is 5.36. The van der Waals surface area contributed by atoms with Crippen LogP contribution in [0.2, 0.25) is 0 Å². The van der Waals surface area contributed by atoms with Crippen LogP contribution in [0.5, 0.6) is 0 Å². The second-order valence-corrected chi connectivity index (χ2v) is 2.28.